The monoisotopic (exact) mass is 295 g/mol. The predicted molar refractivity (Wildman–Crippen MR) is 72.3 cm³/mol. The molecule has 2 aromatic heterocycles. The molecule has 0 aliphatic carbocycles. The molecule has 1 aliphatic heterocycles. The average molecular weight is 295 g/mol. The molecule has 1 fully saturated rings. The van der Waals surface area contributed by atoms with E-state index >= 15 is 0 Å². The van der Waals surface area contributed by atoms with Crippen molar-refractivity contribution in [2.24, 2.45) is 0 Å². The van der Waals surface area contributed by atoms with Crippen LogP contribution in [0.2, 0.25) is 0 Å². The van der Waals surface area contributed by atoms with Crippen LogP contribution in [0.15, 0.2) is 12.7 Å². The second kappa shape index (κ2) is 5.53. The lowest BCUT2D eigenvalue weighted by Crippen LogP contribution is -2.38. The van der Waals surface area contributed by atoms with Gasteiger partial charge in [-0.3, -0.25) is 0 Å². The molecule has 0 amide bonds. The van der Waals surface area contributed by atoms with E-state index in [2.05, 4.69) is 15.0 Å². The van der Waals surface area contributed by atoms with Gasteiger partial charge in [0.1, 0.15) is 24.1 Å². The van der Waals surface area contributed by atoms with Crippen LogP contribution in [0.1, 0.15) is 6.04 Å². The quantitative estimate of drug-likeness (QED) is 0.713. The Bertz CT molecular complexity index is 629. The van der Waals surface area contributed by atoms with E-state index in [0.717, 1.165) is 0 Å². The molecule has 1 saturated heterocycles. The van der Waals surface area contributed by atoms with Crippen molar-refractivity contribution in [2.45, 2.75) is 24.5 Å². The zero-order valence-corrected chi connectivity index (χ0v) is 11.7. The lowest BCUT2D eigenvalue weighted by Gasteiger charge is -2.27. The van der Waals surface area contributed by atoms with E-state index in [-0.39, 0.29) is 6.61 Å². The number of aliphatic hydroxyl groups excluding tert-OH is 1. The van der Waals surface area contributed by atoms with Crippen LogP contribution in [0.5, 0.6) is 0 Å². The molecule has 114 valence electrons. The van der Waals surface area contributed by atoms with E-state index < -0.39 is 24.5 Å². The van der Waals surface area contributed by atoms with Crippen molar-refractivity contribution >= 4 is 17.0 Å². The van der Waals surface area contributed by atoms with Gasteiger partial charge in [-0.25, -0.2) is 15.0 Å². The second-order valence-electron chi connectivity index (χ2n) is 4.78. The maximum Gasteiger partial charge on any atom is 0.185 e. The number of nitrogen functional groups attached to an aromatic ring is 1. The van der Waals surface area contributed by atoms with Gasteiger partial charge in [0.25, 0.3) is 0 Å². The Morgan fingerprint density at radius 2 is 2.14 bits per heavy atom. The third-order valence-electron chi connectivity index (χ3n) is 3.63. The lowest BCUT2D eigenvalue weighted by atomic mass is 10.1. The van der Waals surface area contributed by atoms with Crippen LogP contribution in [0.4, 0.5) is 5.82 Å². The number of rotatable bonds is 4. The fraction of sp³-hybridized carbons (Fsp3) is 0.583. The summed E-state index contributed by atoms with van der Waals surface area (Å²) in [6.45, 7) is 0.179. The minimum absolute atomic E-state index is 0.179. The molecule has 9 heteroatoms. The molecule has 3 unspecified atom stereocenters. The third-order valence-corrected chi connectivity index (χ3v) is 3.63. The van der Waals surface area contributed by atoms with Crippen LogP contribution in [0, 0.1) is 0 Å². The first-order valence-electron chi connectivity index (χ1n) is 6.45. The fourth-order valence-corrected chi connectivity index (χ4v) is 2.66. The topological polar surface area (TPSA) is 118 Å². The van der Waals surface area contributed by atoms with Crippen LogP contribution in [-0.2, 0) is 14.2 Å². The highest BCUT2D eigenvalue weighted by molar-refractivity contribution is 5.81. The van der Waals surface area contributed by atoms with E-state index in [1.807, 2.05) is 0 Å². The molecule has 0 spiro atoms. The van der Waals surface area contributed by atoms with Crippen molar-refractivity contribution in [3.63, 3.8) is 0 Å². The molecule has 3 rings (SSSR count). The van der Waals surface area contributed by atoms with Crippen LogP contribution in [0.3, 0.4) is 0 Å². The number of ether oxygens (including phenoxy) is 3. The molecule has 3 N–H and O–H groups in total. The van der Waals surface area contributed by atoms with Crippen LogP contribution < -0.4 is 5.73 Å². The Balaban J connectivity index is 2.04. The maximum absolute atomic E-state index is 10.2. The smallest absolute Gasteiger partial charge is 0.185 e. The second-order valence-corrected chi connectivity index (χ2v) is 4.78. The minimum atomic E-state index is -0.726. The zero-order valence-electron chi connectivity index (χ0n) is 11.7. The molecular formula is C12H17N5O4. The van der Waals surface area contributed by atoms with Gasteiger partial charge in [-0.2, -0.15) is 0 Å². The summed E-state index contributed by atoms with van der Waals surface area (Å²) in [7, 11) is 3.04. The number of imidazole rings is 1. The van der Waals surface area contributed by atoms with Gasteiger partial charge in [0.2, 0.25) is 0 Å². The number of nitrogens with zero attached hydrogens (tertiary/aromatic N) is 4. The Hall–Kier alpha value is -1.81. The lowest BCUT2D eigenvalue weighted by molar-refractivity contribution is -0.174. The summed E-state index contributed by atoms with van der Waals surface area (Å²) in [6.07, 6.45) is 1.11. The molecule has 21 heavy (non-hydrogen) atoms. The van der Waals surface area contributed by atoms with Gasteiger partial charge in [-0.1, -0.05) is 0 Å². The largest absolute Gasteiger partial charge is 0.388 e. The number of hydrogen-bond acceptors (Lipinski definition) is 8. The summed E-state index contributed by atoms with van der Waals surface area (Å²) in [5.74, 6) is 0.290. The van der Waals surface area contributed by atoms with Crippen LogP contribution in [0.25, 0.3) is 11.2 Å². The standard InChI is InChI=1S/C12H17N5O4/c1-19-12(20-2)9-8(6(18)3-21-9)17-5-16-7-10(13)14-4-15-11(7)17/h4-6,8-9,12,18H,3H2,1-2H3,(H2,13,14,15). The average Bonchev–Trinajstić information content (AvgIpc) is 3.05. The SMILES string of the molecule is COC(OC)C1OCC(O)C1n1cnc2c(N)ncnc21. The molecular weight excluding hydrogens is 278 g/mol. The van der Waals surface area contributed by atoms with Crippen molar-refractivity contribution in [1.29, 1.82) is 0 Å². The van der Waals surface area contributed by atoms with Gasteiger partial charge in [0.05, 0.1) is 19.0 Å². The first-order valence-corrected chi connectivity index (χ1v) is 6.45. The van der Waals surface area contributed by atoms with Gasteiger partial charge in [0, 0.05) is 14.2 Å². The van der Waals surface area contributed by atoms with Crippen LogP contribution in [-0.4, -0.2) is 63.9 Å². The molecule has 2 aromatic rings. The summed E-state index contributed by atoms with van der Waals surface area (Å²) < 4.78 is 17.8. The molecule has 0 bridgehead atoms. The van der Waals surface area contributed by atoms with Crippen molar-refractivity contribution < 1.29 is 19.3 Å². The fourth-order valence-electron chi connectivity index (χ4n) is 2.66. The number of anilines is 1. The van der Waals surface area contributed by atoms with E-state index in [0.29, 0.717) is 17.0 Å². The summed E-state index contributed by atoms with van der Waals surface area (Å²) in [4.78, 5) is 12.3. The van der Waals surface area contributed by atoms with E-state index in [4.69, 9.17) is 19.9 Å². The molecule has 0 radical (unpaired) electrons. The third kappa shape index (κ3) is 2.23. The Morgan fingerprint density at radius 3 is 2.86 bits per heavy atom. The summed E-state index contributed by atoms with van der Waals surface area (Å²) >= 11 is 0. The molecule has 3 atom stereocenters. The number of nitrogens with two attached hydrogens (primary N) is 1. The zero-order chi connectivity index (χ0) is 15.0. The minimum Gasteiger partial charge on any atom is -0.388 e. The molecule has 3 heterocycles. The number of fused-ring (bicyclic) bond motifs is 1. The highest BCUT2D eigenvalue weighted by atomic mass is 16.7. The first-order chi connectivity index (χ1) is 10.2. The van der Waals surface area contributed by atoms with Crippen molar-refractivity contribution in [3.8, 4) is 0 Å². The Labute approximate surface area is 120 Å². The number of methoxy groups -OCH3 is 2. The van der Waals surface area contributed by atoms with E-state index in [9.17, 15) is 5.11 Å². The number of hydrogen-bond donors (Lipinski definition) is 2. The summed E-state index contributed by atoms with van der Waals surface area (Å²) in [5, 5.41) is 10.2. The molecule has 1 aliphatic rings. The number of aromatic nitrogens is 4. The van der Waals surface area contributed by atoms with Crippen LogP contribution >= 0.6 is 0 Å². The van der Waals surface area contributed by atoms with Crippen molar-refractivity contribution in [3.05, 3.63) is 12.7 Å². The Morgan fingerprint density at radius 1 is 1.38 bits per heavy atom. The van der Waals surface area contributed by atoms with Gasteiger partial charge in [-0.05, 0) is 0 Å². The van der Waals surface area contributed by atoms with E-state index in [1.165, 1.54) is 20.5 Å². The predicted octanol–water partition coefficient (Wildman–Crippen LogP) is -0.672. The van der Waals surface area contributed by atoms with Gasteiger partial charge in [0.15, 0.2) is 17.8 Å². The highest BCUT2D eigenvalue weighted by Gasteiger charge is 2.43. The number of aliphatic hydroxyl groups is 1. The van der Waals surface area contributed by atoms with Gasteiger partial charge >= 0.3 is 0 Å². The summed E-state index contributed by atoms with van der Waals surface area (Å²) in [5.41, 5.74) is 6.80. The molecule has 0 aromatic carbocycles. The first kappa shape index (κ1) is 14.1. The van der Waals surface area contributed by atoms with Crippen molar-refractivity contribution in [1.82, 2.24) is 19.5 Å². The van der Waals surface area contributed by atoms with Gasteiger partial charge in [-0.15, -0.1) is 0 Å². The highest BCUT2D eigenvalue weighted by Crippen LogP contribution is 2.32. The normalized spacial score (nSPS) is 26.0. The van der Waals surface area contributed by atoms with E-state index in [1.54, 1.807) is 10.9 Å². The van der Waals surface area contributed by atoms with Crippen molar-refractivity contribution in [2.75, 3.05) is 26.6 Å². The molecule has 0 saturated carbocycles. The Kier molecular flexibility index (Phi) is 3.72. The maximum atomic E-state index is 10.2. The summed E-state index contributed by atoms with van der Waals surface area (Å²) in [6, 6.07) is -0.436. The molecule has 9 nitrogen and oxygen atoms in total. The van der Waals surface area contributed by atoms with Gasteiger partial charge < -0.3 is 29.6 Å².